The standard InChI is InChI=1S/C18H32N2O3/c1-13(19-18(23)14-7-5-6-8-14)11-17(22)20-16-10-4-2-3-9-15(16)12-21/h13-16,21H,2-12H2,1H3,(H,19,23)(H,20,22). The zero-order valence-electron chi connectivity index (χ0n) is 14.4. The second-order valence-corrected chi connectivity index (χ2v) is 7.35. The summed E-state index contributed by atoms with van der Waals surface area (Å²) in [5.74, 6) is 0.394. The van der Waals surface area contributed by atoms with Gasteiger partial charge in [-0.15, -0.1) is 0 Å². The second-order valence-electron chi connectivity index (χ2n) is 7.35. The Kier molecular flexibility index (Phi) is 7.34. The minimum atomic E-state index is -0.138. The van der Waals surface area contributed by atoms with E-state index in [1.54, 1.807) is 0 Å². The van der Waals surface area contributed by atoms with Crippen molar-refractivity contribution in [3.63, 3.8) is 0 Å². The number of aliphatic hydroxyl groups is 1. The van der Waals surface area contributed by atoms with Crippen LogP contribution in [0.15, 0.2) is 0 Å². The van der Waals surface area contributed by atoms with Gasteiger partial charge in [0.2, 0.25) is 11.8 Å². The summed E-state index contributed by atoms with van der Waals surface area (Å²) in [5, 5.41) is 15.6. The molecular formula is C18H32N2O3. The summed E-state index contributed by atoms with van der Waals surface area (Å²) in [6, 6.07) is -0.0609. The highest BCUT2D eigenvalue weighted by atomic mass is 16.3. The highest BCUT2D eigenvalue weighted by molar-refractivity contribution is 5.81. The minimum Gasteiger partial charge on any atom is -0.396 e. The molecule has 2 aliphatic carbocycles. The molecule has 0 aromatic rings. The number of hydrogen-bond acceptors (Lipinski definition) is 3. The second kappa shape index (κ2) is 9.26. The van der Waals surface area contributed by atoms with Crippen molar-refractivity contribution in [1.82, 2.24) is 10.6 Å². The van der Waals surface area contributed by atoms with E-state index in [1.165, 1.54) is 6.42 Å². The average molecular weight is 324 g/mol. The molecule has 2 rings (SSSR count). The van der Waals surface area contributed by atoms with E-state index in [1.807, 2.05) is 6.92 Å². The van der Waals surface area contributed by atoms with Crippen LogP contribution in [0.3, 0.4) is 0 Å². The fraction of sp³-hybridized carbons (Fsp3) is 0.889. The Morgan fingerprint density at radius 3 is 2.39 bits per heavy atom. The van der Waals surface area contributed by atoms with E-state index in [-0.39, 0.29) is 42.3 Å². The molecule has 23 heavy (non-hydrogen) atoms. The lowest BCUT2D eigenvalue weighted by molar-refractivity contribution is -0.126. The van der Waals surface area contributed by atoms with Crippen molar-refractivity contribution in [3.8, 4) is 0 Å². The predicted molar refractivity (Wildman–Crippen MR) is 89.8 cm³/mol. The highest BCUT2D eigenvalue weighted by Crippen LogP contribution is 2.25. The fourth-order valence-electron chi connectivity index (χ4n) is 3.94. The van der Waals surface area contributed by atoms with Crippen LogP contribution in [0.4, 0.5) is 0 Å². The van der Waals surface area contributed by atoms with E-state index in [9.17, 15) is 14.7 Å². The maximum absolute atomic E-state index is 12.3. The highest BCUT2D eigenvalue weighted by Gasteiger charge is 2.26. The molecule has 0 bridgehead atoms. The molecule has 0 heterocycles. The molecular weight excluding hydrogens is 292 g/mol. The SMILES string of the molecule is CC(CC(=O)NC1CCCCCC1CO)NC(=O)C1CCCC1. The molecule has 3 unspecified atom stereocenters. The number of nitrogens with one attached hydrogen (secondary N) is 2. The summed E-state index contributed by atoms with van der Waals surface area (Å²) in [6.07, 6.45) is 9.88. The first-order chi connectivity index (χ1) is 11.1. The number of hydrogen-bond donors (Lipinski definition) is 3. The van der Waals surface area contributed by atoms with E-state index in [0.717, 1.165) is 51.4 Å². The molecule has 0 aromatic heterocycles. The van der Waals surface area contributed by atoms with Gasteiger partial charge in [-0.05, 0) is 32.6 Å². The van der Waals surface area contributed by atoms with E-state index in [0.29, 0.717) is 6.42 Å². The Bertz CT molecular complexity index is 394. The van der Waals surface area contributed by atoms with Gasteiger partial charge in [-0.1, -0.05) is 32.1 Å². The first-order valence-corrected chi connectivity index (χ1v) is 9.30. The van der Waals surface area contributed by atoms with Crippen molar-refractivity contribution in [1.29, 1.82) is 0 Å². The topological polar surface area (TPSA) is 78.4 Å². The fourth-order valence-corrected chi connectivity index (χ4v) is 3.94. The molecule has 0 aromatic carbocycles. The number of carbonyl (C=O) groups excluding carboxylic acids is 2. The van der Waals surface area contributed by atoms with E-state index in [2.05, 4.69) is 10.6 Å². The van der Waals surface area contributed by atoms with Gasteiger partial charge in [0.05, 0.1) is 0 Å². The average Bonchev–Trinajstić information content (AvgIpc) is 2.95. The van der Waals surface area contributed by atoms with Crippen LogP contribution >= 0.6 is 0 Å². The van der Waals surface area contributed by atoms with Crippen molar-refractivity contribution in [2.45, 2.75) is 83.2 Å². The van der Waals surface area contributed by atoms with Gasteiger partial charge in [0.25, 0.3) is 0 Å². The summed E-state index contributed by atoms with van der Waals surface area (Å²) >= 11 is 0. The van der Waals surface area contributed by atoms with Crippen molar-refractivity contribution in [2.24, 2.45) is 11.8 Å². The molecule has 0 aliphatic heterocycles. The zero-order chi connectivity index (χ0) is 16.7. The normalized spacial score (nSPS) is 27.2. The molecule has 5 nitrogen and oxygen atoms in total. The minimum absolute atomic E-state index is 0.0189. The molecule has 2 fully saturated rings. The van der Waals surface area contributed by atoms with Crippen molar-refractivity contribution in [2.75, 3.05) is 6.61 Å². The van der Waals surface area contributed by atoms with Gasteiger partial charge < -0.3 is 15.7 Å². The van der Waals surface area contributed by atoms with Crippen LogP contribution in [-0.4, -0.2) is 35.6 Å². The molecule has 3 N–H and O–H groups in total. The van der Waals surface area contributed by atoms with Gasteiger partial charge >= 0.3 is 0 Å². The quantitative estimate of drug-likeness (QED) is 0.655. The summed E-state index contributed by atoms with van der Waals surface area (Å²) in [6.45, 7) is 2.03. The molecule has 2 amide bonds. The van der Waals surface area contributed by atoms with Gasteiger partial charge in [0, 0.05) is 36.9 Å². The molecule has 0 radical (unpaired) electrons. The number of amides is 2. The summed E-state index contributed by atoms with van der Waals surface area (Å²) in [7, 11) is 0. The Morgan fingerprint density at radius 1 is 1.04 bits per heavy atom. The molecule has 2 saturated carbocycles. The summed E-state index contributed by atoms with van der Waals surface area (Å²) in [5.41, 5.74) is 0. The van der Waals surface area contributed by atoms with Crippen LogP contribution in [0.25, 0.3) is 0 Å². The third-order valence-electron chi connectivity index (χ3n) is 5.35. The van der Waals surface area contributed by atoms with Gasteiger partial charge in [-0.2, -0.15) is 0 Å². The Balaban J connectivity index is 1.75. The van der Waals surface area contributed by atoms with Gasteiger partial charge in [0.1, 0.15) is 0 Å². The number of carbonyl (C=O) groups is 2. The summed E-state index contributed by atoms with van der Waals surface area (Å²) < 4.78 is 0. The maximum Gasteiger partial charge on any atom is 0.223 e. The maximum atomic E-state index is 12.3. The third kappa shape index (κ3) is 5.79. The molecule has 132 valence electrons. The van der Waals surface area contributed by atoms with Crippen molar-refractivity contribution >= 4 is 11.8 Å². The lowest BCUT2D eigenvalue weighted by Gasteiger charge is -2.25. The smallest absolute Gasteiger partial charge is 0.223 e. The van der Waals surface area contributed by atoms with Gasteiger partial charge in [0.15, 0.2) is 0 Å². The number of aliphatic hydroxyl groups excluding tert-OH is 1. The van der Waals surface area contributed by atoms with Crippen molar-refractivity contribution in [3.05, 3.63) is 0 Å². The monoisotopic (exact) mass is 324 g/mol. The van der Waals surface area contributed by atoms with E-state index < -0.39 is 0 Å². The Labute approximate surface area is 139 Å². The molecule has 2 aliphatic rings. The lowest BCUT2D eigenvalue weighted by atomic mass is 9.95. The van der Waals surface area contributed by atoms with E-state index >= 15 is 0 Å². The first kappa shape index (κ1) is 18.2. The van der Waals surface area contributed by atoms with Crippen LogP contribution in [-0.2, 0) is 9.59 Å². The Hall–Kier alpha value is -1.10. The number of rotatable bonds is 6. The molecule has 0 saturated heterocycles. The first-order valence-electron chi connectivity index (χ1n) is 9.30. The van der Waals surface area contributed by atoms with E-state index in [4.69, 9.17) is 0 Å². The van der Waals surface area contributed by atoms with Crippen molar-refractivity contribution < 1.29 is 14.7 Å². The van der Waals surface area contributed by atoms with Crippen LogP contribution in [0.1, 0.15) is 71.1 Å². The predicted octanol–water partition coefficient (Wildman–Crippen LogP) is 2.13. The Morgan fingerprint density at radius 2 is 1.70 bits per heavy atom. The molecule has 0 spiro atoms. The summed E-state index contributed by atoms with van der Waals surface area (Å²) in [4.78, 5) is 24.3. The van der Waals surface area contributed by atoms with Crippen LogP contribution < -0.4 is 10.6 Å². The largest absolute Gasteiger partial charge is 0.396 e. The van der Waals surface area contributed by atoms with Gasteiger partial charge in [-0.25, -0.2) is 0 Å². The van der Waals surface area contributed by atoms with Crippen LogP contribution in [0, 0.1) is 11.8 Å². The third-order valence-corrected chi connectivity index (χ3v) is 5.35. The lowest BCUT2D eigenvalue weighted by Crippen LogP contribution is -2.44. The van der Waals surface area contributed by atoms with Crippen LogP contribution in [0.2, 0.25) is 0 Å². The van der Waals surface area contributed by atoms with Crippen LogP contribution in [0.5, 0.6) is 0 Å². The molecule has 3 atom stereocenters. The van der Waals surface area contributed by atoms with Gasteiger partial charge in [-0.3, -0.25) is 9.59 Å². The molecule has 5 heteroatoms. The zero-order valence-corrected chi connectivity index (χ0v) is 14.4.